The third-order valence-corrected chi connectivity index (χ3v) is 3.36. The molecule has 0 unspecified atom stereocenters. The molecule has 0 atom stereocenters. The SMILES string of the molecule is CC1CC(NCCC(C)(C)C(N)=NO)C1. The molecule has 1 aliphatic carbocycles. The predicted molar refractivity (Wildman–Crippen MR) is 62.0 cm³/mol. The molecule has 1 fully saturated rings. The number of nitrogens with two attached hydrogens (primary N) is 1. The van der Waals surface area contributed by atoms with Crippen LogP contribution in [0.15, 0.2) is 5.16 Å². The average molecular weight is 213 g/mol. The van der Waals surface area contributed by atoms with Gasteiger partial charge in [0.15, 0.2) is 0 Å². The molecule has 0 bridgehead atoms. The Morgan fingerprint density at radius 1 is 1.53 bits per heavy atom. The van der Waals surface area contributed by atoms with E-state index in [-0.39, 0.29) is 5.41 Å². The summed E-state index contributed by atoms with van der Waals surface area (Å²) >= 11 is 0. The average Bonchev–Trinajstić information content (AvgIpc) is 2.13. The number of nitrogens with one attached hydrogen (secondary N) is 1. The number of nitrogens with zero attached hydrogens (tertiary/aromatic N) is 1. The van der Waals surface area contributed by atoms with Crippen molar-refractivity contribution in [3.05, 3.63) is 0 Å². The van der Waals surface area contributed by atoms with Crippen LogP contribution >= 0.6 is 0 Å². The Hall–Kier alpha value is -0.770. The molecule has 4 heteroatoms. The summed E-state index contributed by atoms with van der Waals surface area (Å²) in [6, 6.07) is 0.683. The lowest BCUT2D eigenvalue weighted by atomic mass is 9.81. The third kappa shape index (κ3) is 3.38. The van der Waals surface area contributed by atoms with Crippen LogP contribution in [-0.4, -0.2) is 23.6 Å². The summed E-state index contributed by atoms with van der Waals surface area (Å²) in [5.74, 6) is 1.19. The van der Waals surface area contributed by atoms with Gasteiger partial charge in [0.2, 0.25) is 0 Å². The van der Waals surface area contributed by atoms with E-state index in [1.54, 1.807) is 0 Å². The van der Waals surface area contributed by atoms with Crippen molar-refractivity contribution in [2.45, 2.75) is 46.1 Å². The maximum absolute atomic E-state index is 8.61. The van der Waals surface area contributed by atoms with Crippen LogP contribution in [0, 0.1) is 11.3 Å². The van der Waals surface area contributed by atoms with Gasteiger partial charge in [-0.3, -0.25) is 0 Å². The minimum atomic E-state index is -0.225. The number of oxime groups is 1. The van der Waals surface area contributed by atoms with Crippen LogP contribution in [0.25, 0.3) is 0 Å². The third-order valence-electron chi connectivity index (χ3n) is 3.36. The van der Waals surface area contributed by atoms with Gasteiger partial charge < -0.3 is 16.3 Å². The largest absolute Gasteiger partial charge is 0.409 e. The van der Waals surface area contributed by atoms with E-state index in [4.69, 9.17) is 10.9 Å². The maximum atomic E-state index is 8.61. The topological polar surface area (TPSA) is 70.6 Å². The minimum absolute atomic E-state index is 0.225. The molecule has 15 heavy (non-hydrogen) atoms. The maximum Gasteiger partial charge on any atom is 0.144 e. The Balaban J connectivity index is 2.19. The van der Waals surface area contributed by atoms with E-state index in [0.717, 1.165) is 18.9 Å². The van der Waals surface area contributed by atoms with Crippen LogP contribution in [0.1, 0.15) is 40.0 Å². The van der Waals surface area contributed by atoms with E-state index in [0.29, 0.717) is 11.9 Å². The van der Waals surface area contributed by atoms with Crippen molar-refractivity contribution >= 4 is 5.84 Å². The Morgan fingerprint density at radius 3 is 2.60 bits per heavy atom. The van der Waals surface area contributed by atoms with Gasteiger partial charge in [0, 0.05) is 11.5 Å². The van der Waals surface area contributed by atoms with Gasteiger partial charge >= 0.3 is 0 Å². The zero-order valence-corrected chi connectivity index (χ0v) is 9.95. The molecule has 88 valence electrons. The van der Waals surface area contributed by atoms with Crippen molar-refractivity contribution in [2.24, 2.45) is 22.2 Å². The lowest BCUT2D eigenvalue weighted by Gasteiger charge is -2.34. The van der Waals surface area contributed by atoms with E-state index in [2.05, 4.69) is 17.4 Å². The van der Waals surface area contributed by atoms with Crippen molar-refractivity contribution in [3.8, 4) is 0 Å². The predicted octanol–water partition coefficient (Wildman–Crippen LogP) is 1.54. The van der Waals surface area contributed by atoms with E-state index in [9.17, 15) is 0 Å². The highest BCUT2D eigenvalue weighted by Gasteiger charge is 2.27. The molecule has 1 aliphatic rings. The first-order valence-corrected chi connectivity index (χ1v) is 5.67. The van der Waals surface area contributed by atoms with Crippen LogP contribution in [0.2, 0.25) is 0 Å². The Kier molecular flexibility index (Phi) is 3.97. The lowest BCUT2D eigenvalue weighted by Crippen LogP contribution is -2.42. The van der Waals surface area contributed by atoms with Gasteiger partial charge in [-0.05, 0) is 31.7 Å². The second-order valence-corrected chi connectivity index (χ2v) is 5.35. The van der Waals surface area contributed by atoms with Crippen molar-refractivity contribution in [1.82, 2.24) is 5.32 Å². The molecule has 0 amide bonds. The molecule has 0 saturated heterocycles. The van der Waals surface area contributed by atoms with Crippen molar-refractivity contribution in [1.29, 1.82) is 0 Å². The molecule has 0 aromatic rings. The van der Waals surface area contributed by atoms with E-state index in [1.165, 1.54) is 12.8 Å². The summed E-state index contributed by atoms with van der Waals surface area (Å²) in [5.41, 5.74) is 5.38. The first-order chi connectivity index (χ1) is 6.95. The smallest absolute Gasteiger partial charge is 0.144 e. The second kappa shape index (κ2) is 4.84. The van der Waals surface area contributed by atoms with E-state index in [1.807, 2.05) is 13.8 Å². The molecule has 0 aromatic carbocycles. The number of hydrogen-bond donors (Lipinski definition) is 3. The van der Waals surface area contributed by atoms with E-state index >= 15 is 0 Å². The van der Waals surface area contributed by atoms with E-state index < -0.39 is 0 Å². The van der Waals surface area contributed by atoms with Gasteiger partial charge in [0.05, 0.1) is 0 Å². The minimum Gasteiger partial charge on any atom is -0.409 e. The van der Waals surface area contributed by atoms with Crippen LogP contribution in [0.4, 0.5) is 0 Å². The molecule has 1 saturated carbocycles. The van der Waals surface area contributed by atoms with Gasteiger partial charge in [0.1, 0.15) is 5.84 Å². The molecule has 0 spiro atoms. The first-order valence-electron chi connectivity index (χ1n) is 5.67. The molecule has 4 N–H and O–H groups in total. The summed E-state index contributed by atoms with van der Waals surface area (Å²) < 4.78 is 0. The number of rotatable bonds is 5. The second-order valence-electron chi connectivity index (χ2n) is 5.35. The van der Waals surface area contributed by atoms with Crippen LogP contribution in [0.5, 0.6) is 0 Å². The molecule has 0 radical (unpaired) electrons. The number of hydrogen-bond acceptors (Lipinski definition) is 3. The highest BCUT2D eigenvalue weighted by atomic mass is 16.4. The van der Waals surface area contributed by atoms with Crippen LogP contribution in [0.3, 0.4) is 0 Å². The van der Waals surface area contributed by atoms with Gasteiger partial charge in [-0.1, -0.05) is 25.9 Å². The molecule has 1 rings (SSSR count). The normalized spacial score (nSPS) is 27.5. The van der Waals surface area contributed by atoms with Gasteiger partial charge in [-0.2, -0.15) is 0 Å². The molecular formula is C11H23N3O. The first kappa shape index (κ1) is 12.3. The summed E-state index contributed by atoms with van der Waals surface area (Å²) in [7, 11) is 0. The van der Waals surface area contributed by atoms with Crippen LogP contribution in [-0.2, 0) is 0 Å². The summed E-state index contributed by atoms with van der Waals surface area (Å²) in [4.78, 5) is 0. The quantitative estimate of drug-likeness (QED) is 0.281. The molecular weight excluding hydrogens is 190 g/mol. The molecule has 0 heterocycles. The molecule has 0 aliphatic heterocycles. The standard InChI is InChI=1S/C11H23N3O/c1-8-6-9(7-8)13-5-4-11(2,3)10(12)14-15/h8-9,13,15H,4-7H2,1-3H3,(H2,12,14). The van der Waals surface area contributed by atoms with Gasteiger partial charge in [0.25, 0.3) is 0 Å². The fourth-order valence-corrected chi connectivity index (χ4v) is 1.92. The summed E-state index contributed by atoms with van der Waals surface area (Å²) in [5, 5.41) is 15.2. The Bertz CT molecular complexity index is 232. The Labute approximate surface area is 91.9 Å². The Morgan fingerprint density at radius 2 is 2.13 bits per heavy atom. The zero-order chi connectivity index (χ0) is 11.5. The van der Waals surface area contributed by atoms with Crippen molar-refractivity contribution in [2.75, 3.05) is 6.54 Å². The van der Waals surface area contributed by atoms with Gasteiger partial charge in [-0.15, -0.1) is 0 Å². The summed E-state index contributed by atoms with van der Waals surface area (Å²) in [6.45, 7) is 7.19. The molecule has 0 aromatic heterocycles. The van der Waals surface area contributed by atoms with Crippen LogP contribution < -0.4 is 11.1 Å². The monoisotopic (exact) mass is 213 g/mol. The summed E-state index contributed by atoms with van der Waals surface area (Å²) in [6.07, 6.45) is 3.46. The van der Waals surface area contributed by atoms with Crippen molar-refractivity contribution < 1.29 is 5.21 Å². The number of amidine groups is 1. The fourth-order valence-electron chi connectivity index (χ4n) is 1.92. The van der Waals surface area contributed by atoms with Crippen molar-refractivity contribution in [3.63, 3.8) is 0 Å². The highest BCUT2D eigenvalue weighted by molar-refractivity contribution is 5.85. The highest BCUT2D eigenvalue weighted by Crippen LogP contribution is 2.27. The fraction of sp³-hybridized carbons (Fsp3) is 0.909. The molecule has 4 nitrogen and oxygen atoms in total. The van der Waals surface area contributed by atoms with Gasteiger partial charge in [-0.25, -0.2) is 0 Å². The zero-order valence-electron chi connectivity index (χ0n) is 9.95. The lowest BCUT2D eigenvalue weighted by molar-refractivity contribution is 0.235.